The highest BCUT2D eigenvalue weighted by atomic mass is 16.5. The fourth-order valence-corrected chi connectivity index (χ4v) is 1.47. The number of benzene rings is 1. The largest absolute Gasteiger partial charge is 0.504 e. The number of rotatable bonds is 6. The zero-order chi connectivity index (χ0) is 12.0. The van der Waals surface area contributed by atoms with Gasteiger partial charge in [0.05, 0.1) is 7.11 Å². The predicted molar refractivity (Wildman–Crippen MR) is 65.8 cm³/mol. The zero-order valence-electron chi connectivity index (χ0n) is 9.86. The molecule has 0 fully saturated rings. The molecule has 1 atom stereocenters. The standard InChI is InChI=1S/C13H19NO2/c1-4-5-10(2)14-9-11-6-7-13(16-3)12(15)8-11/h4,6-8,10,14-15H,1,5,9H2,2-3H3. The lowest BCUT2D eigenvalue weighted by atomic mass is 10.1. The summed E-state index contributed by atoms with van der Waals surface area (Å²) >= 11 is 0. The summed E-state index contributed by atoms with van der Waals surface area (Å²) in [5.41, 5.74) is 1.04. The van der Waals surface area contributed by atoms with Crippen molar-refractivity contribution in [1.82, 2.24) is 5.32 Å². The highest BCUT2D eigenvalue weighted by Gasteiger charge is 2.03. The number of aromatic hydroxyl groups is 1. The van der Waals surface area contributed by atoms with Crippen LogP contribution in [0.4, 0.5) is 0 Å². The summed E-state index contributed by atoms with van der Waals surface area (Å²) in [6, 6.07) is 5.81. The average molecular weight is 221 g/mol. The number of ether oxygens (including phenoxy) is 1. The van der Waals surface area contributed by atoms with Crippen molar-refractivity contribution in [2.45, 2.75) is 25.9 Å². The third kappa shape index (κ3) is 3.59. The van der Waals surface area contributed by atoms with Crippen LogP contribution in [0.5, 0.6) is 11.5 Å². The highest BCUT2D eigenvalue weighted by Crippen LogP contribution is 2.26. The maximum absolute atomic E-state index is 9.59. The number of methoxy groups -OCH3 is 1. The van der Waals surface area contributed by atoms with Crippen molar-refractivity contribution in [3.63, 3.8) is 0 Å². The summed E-state index contributed by atoms with van der Waals surface area (Å²) in [7, 11) is 1.54. The molecule has 0 bridgehead atoms. The van der Waals surface area contributed by atoms with Crippen molar-refractivity contribution in [1.29, 1.82) is 0 Å². The van der Waals surface area contributed by atoms with Gasteiger partial charge in [-0.3, -0.25) is 0 Å². The molecule has 1 rings (SSSR count). The normalized spacial score (nSPS) is 12.1. The van der Waals surface area contributed by atoms with Gasteiger partial charge in [-0.15, -0.1) is 6.58 Å². The number of hydrogen-bond donors (Lipinski definition) is 2. The first-order valence-electron chi connectivity index (χ1n) is 5.37. The molecule has 3 heteroatoms. The first-order valence-corrected chi connectivity index (χ1v) is 5.37. The third-order valence-corrected chi connectivity index (χ3v) is 2.42. The third-order valence-electron chi connectivity index (χ3n) is 2.42. The van der Waals surface area contributed by atoms with Crippen LogP contribution in [0, 0.1) is 0 Å². The maximum Gasteiger partial charge on any atom is 0.160 e. The lowest BCUT2D eigenvalue weighted by Gasteiger charge is -2.12. The summed E-state index contributed by atoms with van der Waals surface area (Å²) in [5, 5.41) is 12.9. The summed E-state index contributed by atoms with van der Waals surface area (Å²) in [4.78, 5) is 0. The Morgan fingerprint density at radius 1 is 1.56 bits per heavy atom. The number of phenols is 1. The number of nitrogens with one attached hydrogen (secondary N) is 1. The molecule has 0 aliphatic carbocycles. The summed E-state index contributed by atoms with van der Waals surface area (Å²) < 4.78 is 4.98. The minimum Gasteiger partial charge on any atom is -0.504 e. The Morgan fingerprint density at radius 2 is 2.31 bits per heavy atom. The fourth-order valence-electron chi connectivity index (χ4n) is 1.47. The Balaban J connectivity index is 2.54. The molecule has 0 aromatic heterocycles. The van der Waals surface area contributed by atoms with E-state index in [1.54, 1.807) is 19.2 Å². The van der Waals surface area contributed by atoms with Crippen LogP contribution in [-0.2, 0) is 6.54 Å². The molecule has 0 saturated carbocycles. The van der Waals surface area contributed by atoms with E-state index in [1.165, 1.54) is 0 Å². The molecule has 88 valence electrons. The summed E-state index contributed by atoms with van der Waals surface area (Å²) in [6.45, 7) is 6.53. The molecule has 1 aromatic rings. The molecular weight excluding hydrogens is 202 g/mol. The first kappa shape index (κ1) is 12.6. The van der Waals surface area contributed by atoms with E-state index in [4.69, 9.17) is 4.74 Å². The highest BCUT2D eigenvalue weighted by molar-refractivity contribution is 5.41. The van der Waals surface area contributed by atoms with Crippen LogP contribution in [0.25, 0.3) is 0 Å². The maximum atomic E-state index is 9.59. The molecule has 2 N–H and O–H groups in total. The molecule has 0 aliphatic heterocycles. The SMILES string of the molecule is C=CCC(C)NCc1ccc(OC)c(O)c1. The van der Waals surface area contributed by atoms with Gasteiger partial charge in [-0.25, -0.2) is 0 Å². The average Bonchev–Trinajstić information content (AvgIpc) is 2.27. The fraction of sp³-hybridized carbons (Fsp3) is 0.385. The van der Waals surface area contributed by atoms with Crippen LogP contribution >= 0.6 is 0 Å². The van der Waals surface area contributed by atoms with E-state index < -0.39 is 0 Å². The van der Waals surface area contributed by atoms with Gasteiger partial charge in [0.2, 0.25) is 0 Å². The quantitative estimate of drug-likeness (QED) is 0.725. The summed E-state index contributed by atoms with van der Waals surface area (Å²) in [6.07, 6.45) is 2.82. The number of phenolic OH excluding ortho intramolecular Hbond substituents is 1. The topological polar surface area (TPSA) is 41.5 Å². The van der Waals surface area contributed by atoms with Gasteiger partial charge in [0.15, 0.2) is 11.5 Å². The first-order chi connectivity index (χ1) is 7.67. The molecule has 16 heavy (non-hydrogen) atoms. The van der Waals surface area contributed by atoms with E-state index in [-0.39, 0.29) is 5.75 Å². The van der Waals surface area contributed by atoms with E-state index in [9.17, 15) is 5.11 Å². The van der Waals surface area contributed by atoms with Crippen LogP contribution in [0.15, 0.2) is 30.9 Å². The Hall–Kier alpha value is -1.48. The molecule has 0 radical (unpaired) electrons. The lowest BCUT2D eigenvalue weighted by Crippen LogP contribution is -2.24. The van der Waals surface area contributed by atoms with Gasteiger partial charge in [0.1, 0.15) is 0 Å². The van der Waals surface area contributed by atoms with E-state index in [2.05, 4.69) is 18.8 Å². The minimum atomic E-state index is 0.179. The molecule has 1 aromatic carbocycles. The van der Waals surface area contributed by atoms with Gasteiger partial charge >= 0.3 is 0 Å². The van der Waals surface area contributed by atoms with Gasteiger partial charge < -0.3 is 15.2 Å². The van der Waals surface area contributed by atoms with Gasteiger partial charge in [-0.1, -0.05) is 12.1 Å². The Kier molecular flexibility index (Phi) is 4.86. The molecule has 1 unspecified atom stereocenters. The monoisotopic (exact) mass is 221 g/mol. The molecule has 0 amide bonds. The van der Waals surface area contributed by atoms with Crippen LogP contribution in [-0.4, -0.2) is 18.3 Å². The lowest BCUT2D eigenvalue weighted by molar-refractivity contribution is 0.373. The van der Waals surface area contributed by atoms with Crippen LogP contribution < -0.4 is 10.1 Å². The minimum absolute atomic E-state index is 0.179. The second-order valence-corrected chi connectivity index (χ2v) is 3.81. The van der Waals surface area contributed by atoms with Crippen LogP contribution in [0.3, 0.4) is 0 Å². The van der Waals surface area contributed by atoms with Crippen molar-refractivity contribution in [2.24, 2.45) is 0 Å². The van der Waals surface area contributed by atoms with E-state index in [1.807, 2.05) is 12.1 Å². The molecule has 3 nitrogen and oxygen atoms in total. The van der Waals surface area contributed by atoms with Crippen LogP contribution in [0.2, 0.25) is 0 Å². The molecule has 0 aliphatic rings. The molecular formula is C13H19NO2. The molecule has 0 spiro atoms. The number of hydrogen-bond acceptors (Lipinski definition) is 3. The van der Waals surface area contributed by atoms with Crippen LogP contribution in [0.1, 0.15) is 18.9 Å². The molecule has 0 saturated heterocycles. The van der Waals surface area contributed by atoms with Gasteiger partial charge in [-0.05, 0) is 31.0 Å². The molecule has 0 heterocycles. The Labute approximate surface area is 96.8 Å². The second-order valence-electron chi connectivity index (χ2n) is 3.81. The predicted octanol–water partition coefficient (Wildman–Crippen LogP) is 2.46. The second kappa shape index (κ2) is 6.18. The van der Waals surface area contributed by atoms with Crippen molar-refractivity contribution in [3.8, 4) is 11.5 Å². The Morgan fingerprint density at radius 3 is 2.88 bits per heavy atom. The van der Waals surface area contributed by atoms with Crippen molar-refractivity contribution in [2.75, 3.05) is 7.11 Å². The van der Waals surface area contributed by atoms with E-state index >= 15 is 0 Å². The zero-order valence-corrected chi connectivity index (χ0v) is 9.86. The van der Waals surface area contributed by atoms with Crippen molar-refractivity contribution in [3.05, 3.63) is 36.4 Å². The van der Waals surface area contributed by atoms with Gasteiger partial charge in [0.25, 0.3) is 0 Å². The van der Waals surface area contributed by atoms with E-state index in [0.717, 1.165) is 18.5 Å². The Bertz CT molecular complexity index is 350. The van der Waals surface area contributed by atoms with Crippen molar-refractivity contribution >= 4 is 0 Å². The van der Waals surface area contributed by atoms with Gasteiger partial charge in [-0.2, -0.15) is 0 Å². The summed E-state index contributed by atoms with van der Waals surface area (Å²) in [5.74, 6) is 0.682. The smallest absolute Gasteiger partial charge is 0.160 e. The van der Waals surface area contributed by atoms with Gasteiger partial charge in [0, 0.05) is 12.6 Å². The van der Waals surface area contributed by atoms with Crippen molar-refractivity contribution < 1.29 is 9.84 Å². The van der Waals surface area contributed by atoms with E-state index in [0.29, 0.717) is 11.8 Å².